The van der Waals surface area contributed by atoms with Gasteiger partial charge in [-0.2, -0.15) is 4.39 Å². The Morgan fingerprint density at radius 1 is 1.43 bits per heavy atom. The van der Waals surface area contributed by atoms with Gasteiger partial charge in [0.25, 0.3) is 0 Å². The van der Waals surface area contributed by atoms with Crippen LogP contribution < -0.4 is 10.6 Å². The van der Waals surface area contributed by atoms with Crippen LogP contribution in [0.25, 0.3) is 0 Å². The first-order valence-corrected chi connectivity index (χ1v) is 7.01. The second-order valence-electron chi connectivity index (χ2n) is 5.20. The van der Waals surface area contributed by atoms with Crippen LogP contribution in [0.1, 0.15) is 25.7 Å². The number of nitro groups is 1. The van der Waals surface area contributed by atoms with E-state index in [0.29, 0.717) is 12.3 Å². The van der Waals surface area contributed by atoms with Crippen molar-refractivity contribution < 1.29 is 14.1 Å². The maximum absolute atomic E-state index is 13.4. The Morgan fingerprint density at radius 3 is 2.76 bits per heavy atom. The van der Waals surface area contributed by atoms with Gasteiger partial charge >= 0.3 is 5.69 Å². The van der Waals surface area contributed by atoms with Crippen molar-refractivity contribution >= 4 is 17.3 Å². The van der Waals surface area contributed by atoms with Gasteiger partial charge in [0.1, 0.15) is 0 Å². The van der Waals surface area contributed by atoms with Crippen molar-refractivity contribution in [1.82, 2.24) is 5.32 Å². The number of carbonyl (C=O) groups excluding carboxylic acids is 1. The fourth-order valence-electron chi connectivity index (χ4n) is 2.46. The van der Waals surface area contributed by atoms with E-state index in [1.807, 2.05) is 0 Å². The molecule has 2 rings (SSSR count). The van der Waals surface area contributed by atoms with Crippen LogP contribution in [0.2, 0.25) is 0 Å². The van der Waals surface area contributed by atoms with Crippen LogP contribution in [0.5, 0.6) is 0 Å². The van der Waals surface area contributed by atoms with Crippen LogP contribution in [0.3, 0.4) is 0 Å². The molecule has 1 aromatic carbocycles. The van der Waals surface area contributed by atoms with Gasteiger partial charge in [0.2, 0.25) is 11.7 Å². The van der Waals surface area contributed by atoms with E-state index in [1.54, 1.807) is 0 Å². The Morgan fingerprint density at radius 2 is 2.14 bits per heavy atom. The third-order valence-corrected chi connectivity index (χ3v) is 3.67. The summed E-state index contributed by atoms with van der Waals surface area (Å²) in [7, 11) is 0. The van der Waals surface area contributed by atoms with Crippen molar-refractivity contribution in [1.29, 1.82) is 0 Å². The van der Waals surface area contributed by atoms with Gasteiger partial charge < -0.3 is 10.6 Å². The minimum Gasteiger partial charge on any atom is -0.326 e. The van der Waals surface area contributed by atoms with Gasteiger partial charge in [-0.05, 0) is 44.3 Å². The number of carbonyl (C=O) groups is 1. The van der Waals surface area contributed by atoms with Gasteiger partial charge in [-0.15, -0.1) is 0 Å². The van der Waals surface area contributed by atoms with Gasteiger partial charge in [-0.1, -0.05) is 0 Å². The van der Waals surface area contributed by atoms with Gasteiger partial charge in [0, 0.05) is 24.2 Å². The summed E-state index contributed by atoms with van der Waals surface area (Å²) >= 11 is 0. The SMILES string of the molecule is O=C(CCC1CCNCC1)Nc1ccc([N+](=O)[O-])c(F)c1. The first-order valence-electron chi connectivity index (χ1n) is 7.01. The number of anilines is 1. The normalized spacial score (nSPS) is 15.7. The van der Waals surface area contributed by atoms with E-state index in [1.165, 1.54) is 6.07 Å². The molecule has 0 aliphatic carbocycles. The number of hydrogen-bond donors (Lipinski definition) is 2. The topological polar surface area (TPSA) is 84.3 Å². The molecular weight excluding hydrogens is 277 g/mol. The van der Waals surface area contributed by atoms with Crippen LogP contribution in [0.4, 0.5) is 15.8 Å². The zero-order valence-corrected chi connectivity index (χ0v) is 11.6. The zero-order valence-electron chi connectivity index (χ0n) is 11.6. The molecule has 1 aliphatic heterocycles. The number of nitrogens with zero attached hydrogens (tertiary/aromatic N) is 1. The summed E-state index contributed by atoms with van der Waals surface area (Å²) in [6, 6.07) is 3.36. The molecule has 0 radical (unpaired) electrons. The second-order valence-corrected chi connectivity index (χ2v) is 5.20. The molecule has 0 aromatic heterocycles. The number of nitro benzene ring substituents is 1. The molecule has 1 saturated heterocycles. The average Bonchev–Trinajstić information content (AvgIpc) is 2.46. The molecule has 0 atom stereocenters. The number of rotatable bonds is 5. The third kappa shape index (κ3) is 4.49. The maximum atomic E-state index is 13.4. The lowest BCUT2D eigenvalue weighted by atomic mass is 9.93. The lowest BCUT2D eigenvalue weighted by Crippen LogP contribution is -2.28. The molecule has 7 heteroatoms. The number of hydrogen-bond acceptors (Lipinski definition) is 4. The minimum absolute atomic E-state index is 0.193. The monoisotopic (exact) mass is 295 g/mol. The van der Waals surface area contributed by atoms with Crippen molar-refractivity contribution in [2.24, 2.45) is 5.92 Å². The Balaban J connectivity index is 1.84. The Labute approximate surface area is 121 Å². The highest BCUT2D eigenvalue weighted by atomic mass is 19.1. The lowest BCUT2D eigenvalue weighted by Gasteiger charge is -2.22. The van der Waals surface area contributed by atoms with Crippen LogP contribution in [-0.4, -0.2) is 23.9 Å². The van der Waals surface area contributed by atoms with Crippen LogP contribution in [0.15, 0.2) is 18.2 Å². The molecule has 21 heavy (non-hydrogen) atoms. The highest BCUT2D eigenvalue weighted by molar-refractivity contribution is 5.90. The second kappa shape index (κ2) is 7.12. The molecule has 0 saturated carbocycles. The Hall–Kier alpha value is -2.02. The van der Waals surface area contributed by atoms with Gasteiger partial charge in [0.05, 0.1) is 4.92 Å². The number of nitrogens with one attached hydrogen (secondary N) is 2. The number of benzene rings is 1. The van der Waals surface area contributed by atoms with Crippen LogP contribution in [0, 0.1) is 21.8 Å². The molecule has 1 heterocycles. The predicted molar refractivity (Wildman–Crippen MR) is 76.5 cm³/mol. The standard InChI is InChI=1S/C14H18FN3O3/c15-12-9-11(2-3-13(12)18(20)21)17-14(19)4-1-10-5-7-16-8-6-10/h2-3,9-10,16H,1,4-8H2,(H,17,19). The summed E-state index contributed by atoms with van der Waals surface area (Å²) in [6.45, 7) is 1.97. The van der Waals surface area contributed by atoms with Crippen molar-refractivity contribution in [2.75, 3.05) is 18.4 Å². The fraction of sp³-hybridized carbons (Fsp3) is 0.500. The Bertz CT molecular complexity index is 530. The molecule has 114 valence electrons. The molecule has 1 amide bonds. The highest BCUT2D eigenvalue weighted by Crippen LogP contribution is 2.22. The van der Waals surface area contributed by atoms with E-state index in [2.05, 4.69) is 10.6 Å². The molecule has 0 bridgehead atoms. The number of amides is 1. The van der Waals surface area contributed by atoms with E-state index in [9.17, 15) is 19.3 Å². The van der Waals surface area contributed by atoms with Crippen molar-refractivity contribution in [3.05, 3.63) is 34.1 Å². The molecule has 1 fully saturated rings. The predicted octanol–water partition coefficient (Wildman–Crippen LogP) is 2.45. The first kappa shape index (κ1) is 15.4. The summed E-state index contributed by atoms with van der Waals surface area (Å²) in [6.07, 6.45) is 3.32. The van der Waals surface area contributed by atoms with Crippen molar-refractivity contribution in [2.45, 2.75) is 25.7 Å². The zero-order chi connectivity index (χ0) is 15.2. The molecule has 0 spiro atoms. The van der Waals surface area contributed by atoms with E-state index in [0.717, 1.165) is 44.5 Å². The molecule has 1 aromatic rings. The van der Waals surface area contributed by atoms with Crippen LogP contribution in [-0.2, 0) is 4.79 Å². The van der Waals surface area contributed by atoms with Gasteiger partial charge in [-0.25, -0.2) is 0 Å². The van der Waals surface area contributed by atoms with Gasteiger partial charge in [-0.3, -0.25) is 14.9 Å². The smallest absolute Gasteiger partial charge is 0.304 e. The molecule has 2 N–H and O–H groups in total. The van der Waals surface area contributed by atoms with Gasteiger partial charge in [0.15, 0.2) is 0 Å². The summed E-state index contributed by atoms with van der Waals surface area (Å²) in [5, 5.41) is 16.3. The van der Waals surface area contributed by atoms with E-state index < -0.39 is 16.4 Å². The third-order valence-electron chi connectivity index (χ3n) is 3.67. The quantitative estimate of drug-likeness (QED) is 0.645. The van der Waals surface area contributed by atoms with E-state index in [4.69, 9.17) is 0 Å². The lowest BCUT2D eigenvalue weighted by molar-refractivity contribution is -0.387. The summed E-state index contributed by atoms with van der Waals surface area (Å²) in [5.74, 6) is -0.594. The Kier molecular flexibility index (Phi) is 5.21. The molecule has 6 nitrogen and oxygen atoms in total. The minimum atomic E-state index is -0.948. The summed E-state index contributed by atoms with van der Waals surface area (Å²) in [4.78, 5) is 21.5. The van der Waals surface area contributed by atoms with Crippen LogP contribution >= 0.6 is 0 Å². The first-order chi connectivity index (χ1) is 10.1. The average molecular weight is 295 g/mol. The largest absolute Gasteiger partial charge is 0.326 e. The highest BCUT2D eigenvalue weighted by Gasteiger charge is 2.16. The summed E-state index contributed by atoms with van der Waals surface area (Å²) in [5.41, 5.74) is -0.351. The van der Waals surface area contributed by atoms with E-state index >= 15 is 0 Å². The molecule has 0 unspecified atom stereocenters. The number of halogens is 1. The van der Waals surface area contributed by atoms with Crippen molar-refractivity contribution in [3.8, 4) is 0 Å². The summed E-state index contributed by atoms with van der Waals surface area (Å²) < 4.78 is 13.4. The maximum Gasteiger partial charge on any atom is 0.304 e. The molecule has 1 aliphatic rings. The van der Waals surface area contributed by atoms with Crippen molar-refractivity contribution in [3.63, 3.8) is 0 Å². The number of piperidine rings is 1. The molecular formula is C14H18FN3O3. The van der Waals surface area contributed by atoms with E-state index in [-0.39, 0.29) is 11.6 Å². The fourth-order valence-corrected chi connectivity index (χ4v) is 2.46.